The molecule has 0 aliphatic carbocycles. The van der Waals surface area contributed by atoms with Gasteiger partial charge in [0.2, 0.25) is 0 Å². The largest absolute Gasteiger partial charge is 0.506 e. The molecule has 4 aromatic rings. The molecule has 0 saturated heterocycles. The Balaban J connectivity index is 1.72. The summed E-state index contributed by atoms with van der Waals surface area (Å²) in [6.07, 6.45) is 2.72. The van der Waals surface area contributed by atoms with E-state index in [1.165, 1.54) is 23.5 Å². The summed E-state index contributed by atoms with van der Waals surface area (Å²) in [4.78, 5) is 7.57. The van der Waals surface area contributed by atoms with Gasteiger partial charge in [-0.15, -0.1) is 0 Å². The molecule has 8 heteroatoms. The van der Waals surface area contributed by atoms with Crippen LogP contribution in [0.5, 0.6) is 23.0 Å². The molecule has 0 saturated carbocycles. The minimum atomic E-state index is 0.258. The summed E-state index contributed by atoms with van der Waals surface area (Å²) in [6, 6.07) is 24.6. The van der Waals surface area contributed by atoms with Crippen LogP contribution in [0.2, 0.25) is 0 Å². The average molecular weight is 623 g/mol. The van der Waals surface area contributed by atoms with Gasteiger partial charge in [0.15, 0.2) is 0 Å². The smallest absolute Gasteiger partial charge is 0.147 e. The topological polar surface area (TPSA) is 47.9 Å². The third kappa shape index (κ3) is 7.11. The van der Waals surface area contributed by atoms with Crippen molar-refractivity contribution in [2.75, 3.05) is 19.8 Å². The number of rotatable bonds is 9. The van der Waals surface area contributed by atoms with Gasteiger partial charge in [-0.2, -0.15) is 0 Å². The van der Waals surface area contributed by atoms with Crippen molar-refractivity contribution in [3.05, 3.63) is 72.8 Å². The summed E-state index contributed by atoms with van der Waals surface area (Å²) in [5, 5.41) is 11.4. The number of hydrogen-bond donors (Lipinski definition) is 1. The number of hydrogen-bond acceptors (Lipinski definition) is 8. The number of aromatic hydroxyl groups is 1. The molecule has 0 unspecified atom stereocenters. The number of fused-ring (bicyclic) bond motifs is 8. The first-order valence-corrected chi connectivity index (χ1v) is 17.2. The van der Waals surface area contributed by atoms with E-state index in [0.717, 1.165) is 75.7 Å². The molecule has 4 nitrogen and oxygen atoms in total. The maximum atomic E-state index is 11.4. The lowest BCUT2D eigenvalue weighted by Gasteiger charge is -2.20. The van der Waals surface area contributed by atoms with Gasteiger partial charge in [0.1, 0.15) is 23.0 Å². The normalized spacial score (nSPS) is 12.6. The van der Waals surface area contributed by atoms with Crippen molar-refractivity contribution >= 4 is 47.0 Å². The van der Waals surface area contributed by atoms with Crippen LogP contribution < -0.4 is 14.2 Å². The SMILES string of the molecule is CCCOc1c2cccc1Sc1cccc(c1OCCC)Sc1cccc(c1OCCC)Sc1cccc(c1O)S2. The van der Waals surface area contributed by atoms with Gasteiger partial charge in [-0.25, -0.2) is 0 Å². The first-order chi connectivity index (χ1) is 20.1. The number of phenolic OH excluding ortho intramolecular Hbond substituents is 1. The molecule has 0 amide bonds. The van der Waals surface area contributed by atoms with Crippen LogP contribution in [-0.2, 0) is 0 Å². The standard InChI is InChI=1S/C33H34O4S4/c1-4-19-35-31-24-13-8-15-26(31)40-28-17-10-18-29(33(28)37-21-6-3)41-27-16-9-14-25(32(27)36-20-5-2)39-23-12-7-11-22(38-24)30(23)34/h7-18,34H,4-6,19-21H2,1-3H3. The quantitative estimate of drug-likeness (QED) is 0.174. The Morgan fingerprint density at radius 1 is 0.439 bits per heavy atom. The third-order valence-electron chi connectivity index (χ3n) is 6.02. The maximum absolute atomic E-state index is 11.4. The van der Waals surface area contributed by atoms with Gasteiger partial charge < -0.3 is 19.3 Å². The second-order valence-corrected chi connectivity index (χ2v) is 13.6. The molecule has 41 heavy (non-hydrogen) atoms. The second-order valence-electron chi connectivity index (χ2n) is 9.31. The highest BCUT2D eigenvalue weighted by atomic mass is 32.2. The van der Waals surface area contributed by atoms with Crippen LogP contribution in [0.15, 0.2) is 112 Å². The number of phenols is 1. The first kappa shape index (κ1) is 30.0. The molecular formula is C33H34O4S4. The second kappa shape index (κ2) is 14.6. The first-order valence-electron chi connectivity index (χ1n) is 13.9. The highest BCUT2D eigenvalue weighted by Crippen LogP contribution is 2.53. The van der Waals surface area contributed by atoms with E-state index in [2.05, 4.69) is 75.4 Å². The molecule has 1 N–H and O–H groups in total. The van der Waals surface area contributed by atoms with Gasteiger partial charge in [0.25, 0.3) is 0 Å². The lowest BCUT2D eigenvalue weighted by molar-refractivity contribution is 0.300. The average Bonchev–Trinajstić information content (AvgIpc) is 2.98. The van der Waals surface area contributed by atoms with E-state index in [4.69, 9.17) is 14.2 Å². The van der Waals surface area contributed by atoms with Gasteiger partial charge >= 0.3 is 0 Å². The van der Waals surface area contributed by atoms with Gasteiger partial charge in [-0.1, -0.05) is 92.1 Å². The van der Waals surface area contributed by atoms with Crippen molar-refractivity contribution in [1.82, 2.24) is 0 Å². The van der Waals surface area contributed by atoms with Crippen molar-refractivity contribution in [2.45, 2.75) is 79.2 Å². The fourth-order valence-corrected chi connectivity index (χ4v) is 8.51. The zero-order valence-corrected chi connectivity index (χ0v) is 26.7. The van der Waals surface area contributed by atoms with E-state index in [0.29, 0.717) is 19.8 Å². The summed E-state index contributed by atoms with van der Waals surface area (Å²) in [5.74, 6) is 2.79. The lowest BCUT2D eigenvalue weighted by Crippen LogP contribution is -2.01. The van der Waals surface area contributed by atoms with Crippen LogP contribution in [0.25, 0.3) is 0 Å². The molecule has 0 spiro atoms. The van der Waals surface area contributed by atoms with E-state index in [1.54, 1.807) is 23.5 Å². The highest BCUT2D eigenvalue weighted by Gasteiger charge is 2.22. The van der Waals surface area contributed by atoms with E-state index in [1.807, 2.05) is 18.2 Å². The molecule has 0 aromatic heterocycles. The Labute approximate surface area is 260 Å². The zero-order valence-electron chi connectivity index (χ0n) is 23.5. The molecule has 8 bridgehead atoms. The van der Waals surface area contributed by atoms with E-state index in [-0.39, 0.29) is 5.75 Å². The summed E-state index contributed by atoms with van der Waals surface area (Å²) in [5.41, 5.74) is 0. The highest BCUT2D eigenvalue weighted by molar-refractivity contribution is 8.01. The summed E-state index contributed by atoms with van der Waals surface area (Å²) >= 11 is 6.35. The lowest BCUT2D eigenvalue weighted by atomic mass is 10.3. The molecule has 1 aliphatic rings. The minimum Gasteiger partial charge on any atom is -0.506 e. The Hall–Kier alpha value is -2.52. The zero-order chi connectivity index (χ0) is 28.6. The molecule has 5 rings (SSSR count). The Kier molecular flexibility index (Phi) is 10.7. The predicted molar refractivity (Wildman–Crippen MR) is 171 cm³/mol. The Morgan fingerprint density at radius 3 is 0.951 bits per heavy atom. The molecule has 0 radical (unpaired) electrons. The van der Waals surface area contributed by atoms with E-state index >= 15 is 0 Å². The number of para-hydroxylation sites is 4. The fourth-order valence-electron chi connectivity index (χ4n) is 4.15. The fraction of sp³-hybridized carbons (Fsp3) is 0.273. The molecule has 1 heterocycles. The summed E-state index contributed by atoms with van der Waals surface area (Å²) < 4.78 is 19.2. The molecule has 0 fully saturated rings. The summed E-state index contributed by atoms with van der Waals surface area (Å²) in [6.45, 7) is 8.19. The molecule has 214 valence electrons. The molecule has 0 atom stereocenters. The summed E-state index contributed by atoms with van der Waals surface area (Å²) in [7, 11) is 0. The van der Waals surface area contributed by atoms with Crippen LogP contribution >= 0.6 is 47.0 Å². The third-order valence-corrected chi connectivity index (χ3v) is 10.4. The van der Waals surface area contributed by atoms with Crippen LogP contribution in [0, 0.1) is 0 Å². The monoisotopic (exact) mass is 622 g/mol. The van der Waals surface area contributed by atoms with Gasteiger partial charge in [-0.3, -0.25) is 0 Å². The van der Waals surface area contributed by atoms with Crippen LogP contribution in [0.3, 0.4) is 0 Å². The van der Waals surface area contributed by atoms with Gasteiger partial charge in [0, 0.05) is 0 Å². The molecular weight excluding hydrogens is 589 g/mol. The van der Waals surface area contributed by atoms with Gasteiger partial charge in [0.05, 0.1) is 59.0 Å². The van der Waals surface area contributed by atoms with Crippen molar-refractivity contribution < 1.29 is 19.3 Å². The van der Waals surface area contributed by atoms with Crippen molar-refractivity contribution in [3.8, 4) is 23.0 Å². The van der Waals surface area contributed by atoms with Crippen molar-refractivity contribution in [1.29, 1.82) is 0 Å². The van der Waals surface area contributed by atoms with Crippen LogP contribution in [0.4, 0.5) is 0 Å². The van der Waals surface area contributed by atoms with Crippen molar-refractivity contribution in [3.63, 3.8) is 0 Å². The maximum Gasteiger partial charge on any atom is 0.147 e. The minimum absolute atomic E-state index is 0.258. The molecule has 1 aliphatic heterocycles. The van der Waals surface area contributed by atoms with Gasteiger partial charge in [-0.05, 0) is 67.8 Å². The number of ether oxygens (including phenoxy) is 3. The Morgan fingerprint density at radius 2 is 0.683 bits per heavy atom. The van der Waals surface area contributed by atoms with Crippen LogP contribution in [0.1, 0.15) is 40.0 Å². The van der Waals surface area contributed by atoms with E-state index in [9.17, 15) is 5.11 Å². The van der Waals surface area contributed by atoms with Crippen molar-refractivity contribution in [2.24, 2.45) is 0 Å². The molecule has 4 aromatic carbocycles. The predicted octanol–water partition coefficient (Wildman–Crippen LogP) is 10.7. The van der Waals surface area contributed by atoms with E-state index < -0.39 is 0 Å². The van der Waals surface area contributed by atoms with Crippen LogP contribution in [-0.4, -0.2) is 24.9 Å². The number of benzene rings is 4. The Bertz CT molecular complexity index is 1390.